The van der Waals surface area contributed by atoms with Crippen molar-refractivity contribution < 1.29 is 19.0 Å². The molecule has 166 valence electrons. The van der Waals surface area contributed by atoms with E-state index in [1.165, 1.54) is 0 Å². The lowest BCUT2D eigenvalue weighted by Gasteiger charge is -2.28. The Morgan fingerprint density at radius 1 is 1.16 bits per heavy atom. The van der Waals surface area contributed by atoms with Crippen molar-refractivity contribution in [2.24, 2.45) is 5.92 Å². The average Bonchev–Trinajstić information content (AvgIpc) is 3.20. The van der Waals surface area contributed by atoms with E-state index in [2.05, 4.69) is 20.6 Å². The standard InChI is InChI=1S/C22H23N5O5/c23-10-14-17(12-4-5-15-16(9-12)32-8-2-7-31-15)18-19(25-20(14)28)26-22(27-21(18)29)24-11-13-3-1-6-30-13/h4-5,9,13-14,17H,1-3,6-8,11H2,(H3,24,25,26,27,28,29). The molecule has 3 N–H and O–H groups in total. The molecule has 3 unspecified atom stereocenters. The first-order valence-corrected chi connectivity index (χ1v) is 10.7. The lowest BCUT2D eigenvalue weighted by atomic mass is 9.79. The predicted octanol–water partition coefficient (Wildman–Crippen LogP) is 1.75. The summed E-state index contributed by atoms with van der Waals surface area (Å²) in [5, 5.41) is 15.4. The minimum atomic E-state index is -1.08. The van der Waals surface area contributed by atoms with Crippen LogP contribution < -0.4 is 25.7 Å². The van der Waals surface area contributed by atoms with Crippen molar-refractivity contribution in [2.75, 3.05) is 37.0 Å². The molecule has 3 aliphatic rings. The van der Waals surface area contributed by atoms with Gasteiger partial charge in [0.1, 0.15) is 11.7 Å². The van der Waals surface area contributed by atoms with Crippen LogP contribution in [-0.4, -0.2) is 48.3 Å². The summed E-state index contributed by atoms with van der Waals surface area (Å²) in [6.07, 6.45) is 2.76. The Labute approximate surface area is 183 Å². The topological polar surface area (TPSA) is 138 Å². The molecule has 4 heterocycles. The van der Waals surface area contributed by atoms with Crippen LogP contribution in [0.3, 0.4) is 0 Å². The Morgan fingerprint density at radius 3 is 2.78 bits per heavy atom. The second-order valence-corrected chi connectivity index (χ2v) is 8.02. The first-order chi connectivity index (χ1) is 15.6. The Morgan fingerprint density at radius 2 is 2.00 bits per heavy atom. The smallest absolute Gasteiger partial charge is 0.258 e. The monoisotopic (exact) mass is 437 g/mol. The van der Waals surface area contributed by atoms with E-state index in [1.54, 1.807) is 18.2 Å². The summed E-state index contributed by atoms with van der Waals surface area (Å²) in [5.41, 5.74) is 0.444. The fraction of sp³-hybridized carbons (Fsp3) is 0.455. The van der Waals surface area contributed by atoms with Gasteiger partial charge in [-0.25, -0.2) is 0 Å². The van der Waals surface area contributed by atoms with Gasteiger partial charge in [-0.15, -0.1) is 0 Å². The van der Waals surface area contributed by atoms with Crippen LogP contribution in [0.2, 0.25) is 0 Å². The zero-order valence-corrected chi connectivity index (χ0v) is 17.3. The van der Waals surface area contributed by atoms with Gasteiger partial charge in [0.25, 0.3) is 5.56 Å². The first-order valence-electron chi connectivity index (χ1n) is 10.7. The third-order valence-corrected chi connectivity index (χ3v) is 5.91. The van der Waals surface area contributed by atoms with Gasteiger partial charge < -0.3 is 24.8 Å². The summed E-state index contributed by atoms with van der Waals surface area (Å²) in [7, 11) is 0. The van der Waals surface area contributed by atoms with Gasteiger partial charge >= 0.3 is 0 Å². The number of ether oxygens (including phenoxy) is 3. The number of H-pyrrole nitrogens is 1. The first kappa shape index (κ1) is 20.3. The van der Waals surface area contributed by atoms with Crippen molar-refractivity contribution in [3.8, 4) is 17.6 Å². The van der Waals surface area contributed by atoms with Gasteiger partial charge in [-0.2, -0.15) is 10.2 Å². The largest absolute Gasteiger partial charge is 0.490 e. The average molecular weight is 437 g/mol. The number of amides is 1. The minimum Gasteiger partial charge on any atom is -0.490 e. The summed E-state index contributed by atoms with van der Waals surface area (Å²) in [6, 6.07) is 7.28. The highest BCUT2D eigenvalue weighted by Gasteiger charge is 2.40. The number of carbonyl (C=O) groups is 1. The van der Waals surface area contributed by atoms with Gasteiger partial charge in [0.15, 0.2) is 11.5 Å². The molecule has 32 heavy (non-hydrogen) atoms. The normalized spacial score (nSPS) is 24.1. The fourth-order valence-corrected chi connectivity index (χ4v) is 4.34. The number of carbonyl (C=O) groups excluding carboxylic acids is 1. The molecule has 0 spiro atoms. The number of fused-ring (bicyclic) bond motifs is 2. The number of nitrogens with one attached hydrogen (secondary N) is 3. The van der Waals surface area contributed by atoms with Crippen molar-refractivity contribution in [3.05, 3.63) is 39.7 Å². The molecular weight excluding hydrogens is 414 g/mol. The number of aromatic nitrogens is 2. The maximum absolute atomic E-state index is 13.1. The highest BCUT2D eigenvalue weighted by molar-refractivity contribution is 5.98. The molecule has 1 aromatic carbocycles. The lowest BCUT2D eigenvalue weighted by Crippen LogP contribution is -2.38. The number of rotatable bonds is 4. The zero-order chi connectivity index (χ0) is 22.1. The summed E-state index contributed by atoms with van der Waals surface area (Å²) in [6.45, 7) is 2.28. The van der Waals surface area contributed by atoms with Crippen molar-refractivity contribution in [1.82, 2.24) is 9.97 Å². The molecule has 1 fully saturated rings. The van der Waals surface area contributed by atoms with Gasteiger partial charge in [-0.1, -0.05) is 6.07 Å². The van der Waals surface area contributed by atoms with Crippen molar-refractivity contribution in [2.45, 2.75) is 31.3 Å². The quantitative estimate of drug-likeness (QED) is 0.658. The Bertz CT molecular complexity index is 1130. The molecule has 0 saturated carbocycles. The maximum Gasteiger partial charge on any atom is 0.258 e. The molecule has 0 radical (unpaired) electrons. The van der Waals surface area contributed by atoms with Crippen LogP contribution in [-0.2, 0) is 9.53 Å². The van der Waals surface area contributed by atoms with E-state index in [0.717, 1.165) is 25.9 Å². The Hall–Kier alpha value is -3.58. The number of anilines is 2. The van der Waals surface area contributed by atoms with Crippen LogP contribution in [0.1, 0.15) is 36.3 Å². The molecule has 2 aromatic rings. The van der Waals surface area contributed by atoms with E-state index in [1.807, 2.05) is 6.07 Å². The summed E-state index contributed by atoms with van der Waals surface area (Å²) in [5.74, 6) is -0.843. The van der Waals surface area contributed by atoms with Gasteiger partial charge in [-0.3, -0.25) is 14.6 Å². The maximum atomic E-state index is 13.1. The number of hydrogen-bond donors (Lipinski definition) is 3. The number of nitriles is 1. The van der Waals surface area contributed by atoms with Gasteiger partial charge in [-0.05, 0) is 30.5 Å². The van der Waals surface area contributed by atoms with Gasteiger partial charge in [0, 0.05) is 25.5 Å². The minimum absolute atomic E-state index is 0.0587. The van der Waals surface area contributed by atoms with Crippen LogP contribution in [0.15, 0.2) is 23.0 Å². The van der Waals surface area contributed by atoms with Gasteiger partial charge in [0.05, 0.1) is 31.0 Å². The number of benzene rings is 1. The van der Waals surface area contributed by atoms with E-state index >= 15 is 0 Å². The van der Waals surface area contributed by atoms with Crippen LogP contribution in [0.4, 0.5) is 11.8 Å². The van der Waals surface area contributed by atoms with Crippen LogP contribution >= 0.6 is 0 Å². The molecular formula is C22H23N5O5. The second kappa shape index (κ2) is 8.51. The molecule has 1 aromatic heterocycles. The molecule has 5 rings (SSSR count). The Balaban J connectivity index is 1.52. The molecule has 10 nitrogen and oxygen atoms in total. The van der Waals surface area contributed by atoms with Crippen LogP contribution in [0.5, 0.6) is 11.5 Å². The van der Waals surface area contributed by atoms with Crippen LogP contribution in [0.25, 0.3) is 0 Å². The second-order valence-electron chi connectivity index (χ2n) is 8.02. The molecule has 1 amide bonds. The van der Waals surface area contributed by atoms with E-state index < -0.39 is 23.3 Å². The van der Waals surface area contributed by atoms with Crippen LogP contribution in [0, 0.1) is 17.2 Å². The van der Waals surface area contributed by atoms with Crippen molar-refractivity contribution in [1.29, 1.82) is 5.26 Å². The summed E-state index contributed by atoms with van der Waals surface area (Å²) in [4.78, 5) is 33.0. The van der Waals surface area contributed by atoms with E-state index in [0.29, 0.717) is 36.8 Å². The predicted molar refractivity (Wildman–Crippen MR) is 114 cm³/mol. The Kier molecular flexibility index (Phi) is 5.41. The number of aromatic amines is 1. The van der Waals surface area contributed by atoms with E-state index in [9.17, 15) is 14.9 Å². The number of nitrogens with zero attached hydrogens (tertiary/aromatic N) is 2. The molecule has 10 heteroatoms. The van der Waals surface area contributed by atoms with Crippen molar-refractivity contribution >= 4 is 17.7 Å². The zero-order valence-electron chi connectivity index (χ0n) is 17.3. The molecule has 1 saturated heterocycles. The molecule has 0 bridgehead atoms. The molecule has 3 atom stereocenters. The highest BCUT2D eigenvalue weighted by Crippen LogP contribution is 2.41. The third kappa shape index (κ3) is 3.76. The van der Waals surface area contributed by atoms with E-state index in [-0.39, 0.29) is 23.4 Å². The highest BCUT2D eigenvalue weighted by atomic mass is 16.5. The third-order valence-electron chi connectivity index (χ3n) is 5.91. The van der Waals surface area contributed by atoms with Crippen molar-refractivity contribution in [3.63, 3.8) is 0 Å². The van der Waals surface area contributed by atoms with E-state index in [4.69, 9.17) is 14.2 Å². The summed E-state index contributed by atoms with van der Waals surface area (Å²) >= 11 is 0. The SMILES string of the molecule is N#CC1C(=O)Nc2nc(NCC3CCCO3)[nH]c(=O)c2C1c1ccc2c(c1)OCCCO2. The number of hydrogen-bond acceptors (Lipinski definition) is 8. The lowest BCUT2D eigenvalue weighted by molar-refractivity contribution is -0.119. The van der Waals surface area contributed by atoms with Gasteiger partial charge in [0.2, 0.25) is 11.9 Å². The summed E-state index contributed by atoms with van der Waals surface area (Å²) < 4.78 is 17.0. The fourth-order valence-electron chi connectivity index (χ4n) is 4.34. The molecule has 0 aliphatic carbocycles. The molecule has 3 aliphatic heterocycles.